The molecule has 1 aliphatic rings. The minimum absolute atomic E-state index is 0.248. The average Bonchev–Trinajstić information content (AvgIpc) is 2.56. The number of carbonyl (C=O) groups excluding carboxylic acids is 2. The number of rotatable bonds is 1. The van der Waals surface area contributed by atoms with Crippen molar-refractivity contribution in [2.45, 2.75) is 13.5 Å². The van der Waals surface area contributed by atoms with Gasteiger partial charge in [-0.1, -0.05) is 12.1 Å². The second-order valence-corrected chi connectivity index (χ2v) is 3.70. The number of benzene rings is 1. The second-order valence-electron chi connectivity index (χ2n) is 3.70. The van der Waals surface area contributed by atoms with E-state index < -0.39 is 7.12 Å². The number of hydrogen-bond acceptors (Lipinski definition) is 4. The summed E-state index contributed by atoms with van der Waals surface area (Å²) >= 11 is 0. The van der Waals surface area contributed by atoms with E-state index >= 15 is 0 Å². The fourth-order valence-electron chi connectivity index (χ4n) is 1.73. The van der Waals surface area contributed by atoms with E-state index in [1.165, 1.54) is 19.1 Å². The van der Waals surface area contributed by atoms with E-state index in [-0.39, 0.29) is 23.8 Å². The van der Waals surface area contributed by atoms with Crippen LogP contribution < -0.4 is 5.46 Å². The van der Waals surface area contributed by atoms with E-state index in [0.717, 1.165) is 10.5 Å². The minimum Gasteiger partial charge on any atom is -0.423 e. The molecule has 0 saturated carbocycles. The zero-order chi connectivity index (χ0) is 11.9. The molecule has 0 spiro atoms. The molecule has 1 aromatic carbocycles. The van der Waals surface area contributed by atoms with Crippen molar-refractivity contribution >= 4 is 24.4 Å². The molecule has 0 aromatic heterocycles. The Bertz CT molecular complexity index is 472. The molecule has 2 N–H and O–H groups in total. The Morgan fingerprint density at radius 3 is 2.69 bits per heavy atom. The van der Waals surface area contributed by atoms with Gasteiger partial charge < -0.3 is 10.0 Å². The first-order valence-corrected chi connectivity index (χ1v) is 4.82. The molecule has 1 aromatic rings. The van der Waals surface area contributed by atoms with Gasteiger partial charge in [-0.3, -0.25) is 14.5 Å². The molecule has 1 heterocycles. The van der Waals surface area contributed by atoms with Gasteiger partial charge in [-0.05, 0) is 17.1 Å². The molecular formula is C10H10BNO4. The Hall–Kier alpha value is -1.66. The second kappa shape index (κ2) is 3.73. The maximum atomic E-state index is 11.8. The molecule has 0 fully saturated rings. The monoisotopic (exact) mass is 219 g/mol. The molecule has 0 atom stereocenters. The Kier molecular flexibility index (Phi) is 2.53. The molecule has 82 valence electrons. The van der Waals surface area contributed by atoms with Crippen molar-refractivity contribution in [2.24, 2.45) is 0 Å². The van der Waals surface area contributed by atoms with Crippen LogP contribution in [-0.2, 0) is 11.3 Å². The number of hydrogen-bond donors (Lipinski definition) is 2. The van der Waals surface area contributed by atoms with Crippen LogP contribution in [-0.4, -0.2) is 33.9 Å². The highest BCUT2D eigenvalue weighted by atomic mass is 16.4. The standard InChI is InChI=1S/C10H10BNO4/c1-6(13)12-5-7-2-3-8(11(15)16)4-9(7)10(12)14/h2-4,15-16H,5H2,1H3. The van der Waals surface area contributed by atoms with Crippen LogP contribution in [0.15, 0.2) is 18.2 Å². The van der Waals surface area contributed by atoms with Crippen LogP contribution in [0.1, 0.15) is 22.8 Å². The molecule has 16 heavy (non-hydrogen) atoms. The van der Waals surface area contributed by atoms with Gasteiger partial charge in [0.15, 0.2) is 0 Å². The Balaban J connectivity index is 2.42. The van der Waals surface area contributed by atoms with Crippen molar-refractivity contribution in [1.82, 2.24) is 4.90 Å². The smallest absolute Gasteiger partial charge is 0.423 e. The van der Waals surface area contributed by atoms with Gasteiger partial charge in [0.1, 0.15) is 0 Å². The topological polar surface area (TPSA) is 77.8 Å². The molecule has 6 heteroatoms. The van der Waals surface area contributed by atoms with E-state index in [1.54, 1.807) is 6.07 Å². The van der Waals surface area contributed by atoms with Crippen molar-refractivity contribution in [3.63, 3.8) is 0 Å². The van der Waals surface area contributed by atoms with Gasteiger partial charge in [-0.15, -0.1) is 0 Å². The third-order valence-electron chi connectivity index (χ3n) is 2.62. The molecule has 0 unspecified atom stereocenters. The Labute approximate surface area is 92.4 Å². The van der Waals surface area contributed by atoms with Gasteiger partial charge in [0.05, 0.1) is 6.54 Å². The normalized spacial score (nSPS) is 13.9. The molecule has 2 amide bonds. The van der Waals surface area contributed by atoms with Crippen molar-refractivity contribution in [1.29, 1.82) is 0 Å². The lowest BCUT2D eigenvalue weighted by Crippen LogP contribution is -2.31. The highest BCUT2D eigenvalue weighted by molar-refractivity contribution is 6.58. The molecule has 5 nitrogen and oxygen atoms in total. The SMILES string of the molecule is CC(=O)N1Cc2ccc(B(O)O)cc2C1=O. The van der Waals surface area contributed by atoms with Crippen LogP contribution in [0, 0.1) is 0 Å². The first-order chi connectivity index (χ1) is 7.50. The average molecular weight is 219 g/mol. The number of amides is 2. The zero-order valence-corrected chi connectivity index (χ0v) is 8.67. The molecular weight excluding hydrogens is 209 g/mol. The number of carbonyl (C=O) groups is 2. The molecule has 0 aliphatic carbocycles. The zero-order valence-electron chi connectivity index (χ0n) is 8.67. The number of fused-ring (bicyclic) bond motifs is 1. The van der Waals surface area contributed by atoms with E-state index in [2.05, 4.69) is 0 Å². The van der Waals surface area contributed by atoms with Crippen molar-refractivity contribution in [2.75, 3.05) is 0 Å². The predicted molar refractivity (Wildman–Crippen MR) is 56.8 cm³/mol. The predicted octanol–water partition coefficient (Wildman–Crippen LogP) is -1.13. The molecule has 0 radical (unpaired) electrons. The third-order valence-corrected chi connectivity index (χ3v) is 2.62. The van der Waals surface area contributed by atoms with Crippen molar-refractivity contribution in [3.8, 4) is 0 Å². The number of imide groups is 1. The summed E-state index contributed by atoms with van der Waals surface area (Å²) < 4.78 is 0. The van der Waals surface area contributed by atoms with Crippen LogP contribution >= 0.6 is 0 Å². The van der Waals surface area contributed by atoms with Crippen LogP contribution in [0.25, 0.3) is 0 Å². The summed E-state index contributed by atoms with van der Waals surface area (Å²) in [6.07, 6.45) is 0. The summed E-state index contributed by atoms with van der Waals surface area (Å²) in [5, 5.41) is 18.0. The quantitative estimate of drug-likeness (QED) is 0.585. The largest absolute Gasteiger partial charge is 0.488 e. The van der Waals surface area contributed by atoms with Gasteiger partial charge in [-0.2, -0.15) is 0 Å². The van der Waals surface area contributed by atoms with Gasteiger partial charge in [0, 0.05) is 12.5 Å². The molecule has 2 rings (SSSR count). The first kappa shape index (κ1) is 10.8. The highest BCUT2D eigenvalue weighted by Crippen LogP contribution is 2.21. The fourth-order valence-corrected chi connectivity index (χ4v) is 1.73. The third kappa shape index (κ3) is 1.62. The van der Waals surface area contributed by atoms with E-state index in [4.69, 9.17) is 10.0 Å². The van der Waals surface area contributed by atoms with Crippen LogP contribution in [0.2, 0.25) is 0 Å². The summed E-state index contributed by atoms with van der Waals surface area (Å²) in [6.45, 7) is 1.58. The molecule has 0 saturated heterocycles. The van der Waals surface area contributed by atoms with Gasteiger partial charge in [-0.25, -0.2) is 0 Å². The lowest BCUT2D eigenvalue weighted by molar-refractivity contribution is -0.126. The summed E-state index contributed by atoms with van der Waals surface area (Å²) in [6, 6.07) is 4.57. The Morgan fingerprint density at radius 2 is 2.12 bits per heavy atom. The summed E-state index contributed by atoms with van der Waals surface area (Å²) in [5.74, 6) is -0.697. The van der Waals surface area contributed by atoms with E-state index in [9.17, 15) is 9.59 Å². The van der Waals surface area contributed by atoms with E-state index in [1.807, 2.05) is 0 Å². The van der Waals surface area contributed by atoms with Gasteiger partial charge in [0.25, 0.3) is 5.91 Å². The Morgan fingerprint density at radius 1 is 1.44 bits per heavy atom. The highest BCUT2D eigenvalue weighted by Gasteiger charge is 2.30. The summed E-state index contributed by atoms with van der Waals surface area (Å²) in [7, 11) is -1.61. The minimum atomic E-state index is -1.61. The maximum absolute atomic E-state index is 11.8. The summed E-state index contributed by atoms with van der Waals surface area (Å²) in [4.78, 5) is 24.0. The number of nitrogens with zero attached hydrogens (tertiary/aromatic N) is 1. The van der Waals surface area contributed by atoms with Crippen molar-refractivity contribution < 1.29 is 19.6 Å². The van der Waals surface area contributed by atoms with Crippen LogP contribution in [0.4, 0.5) is 0 Å². The summed E-state index contributed by atoms with van der Waals surface area (Å²) in [5.41, 5.74) is 1.34. The van der Waals surface area contributed by atoms with Crippen LogP contribution in [0.5, 0.6) is 0 Å². The lowest BCUT2D eigenvalue weighted by Gasteiger charge is -2.08. The van der Waals surface area contributed by atoms with Gasteiger partial charge >= 0.3 is 7.12 Å². The molecule has 0 bridgehead atoms. The fraction of sp³-hybridized carbons (Fsp3) is 0.200. The molecule has 1 aliphatic heterocycles. The van der Waals surface area contributed by atoms with E-state index in [0.29, 0.717) is 5.56 Å². The van der Waals surface area contributed by atoms with Crippen LogP contribution in [0.3, 0.4) is 0 Å². The maximum Gasteiger partial charge on any atom is 0.488 e. The van der Waals surface area contributed by atoms with Gasteiger partial charge in [0.2, 0.25) is 5.91 Å². The first-order valence-electron chi connectivity index (χ1n) is 4.82. The van der Waals surface area contributed by atoms with Crippen molar-refractivity contribution in [3.05, 3.63) is 29.3 Å². The lowest BCUT2D eigenvalue weighted by atomic mass is 9.79.